The first kappa shape index (κ1) is 17.2. The van der Waals surface area contributed by atoms with E-state index in [2.05, 4.69) is 0 Å². The van der Waals surface area contributed by atoms with E-state index in [9.17, 15) is 8.42 Å². The van der Waals surface area contributed by atoms with Crippen molar-refractivity contribution >= 4 is 9.84 Å². The summed E-state index contributed by atoms with van der Waals surface area (Å²) >= 11 is 0. The molecule has 0 saturated heterocycles. The second-order valence-electron chi connectivity index (χ2n) is 5.70. The van der Waals surface area contributed by atoms with Gasteiger partial charge in [-0.05, 0) is 24.6 Å². The Balaban J connectivity index is 2.37. The van der Waals surface area contributed by atoms with Crippen LogP contribution in [0.15, 0.2) is 24.3 Å². The highest BCUT2D eigenvalue weighted by Gasteiger charge is 2.69. The Hall–Kier alpha value is -1.11. The van der Waals surface area contributed by atoms with Gasteiger partial charge in [-0.1, -0.05) is 19.1 Å². The van der Waals surface area contributed by atoms with Crippen LogP contribution in [-0.4, -0.2) is 46.3 Å². The van der Waals surface area contributed by atoms with Crippen molar-refractivity contribution in [2.24, 2.45) is 11.1 Å². The van der Waals surface area contributed by atoms with Gasteiger partial charge in [0.2, 0.25) is 0 Å². The number of ether oxygens (including phenoxy) is 2. The second kappa shape index (κ2) is 6.56. The average Bonchev–Trinajstić information content (AvgIpc) is 3.23. The maximum absolute atomic E-state index is 12.5. The topological polar surface area (TPSA) is 78.6 Å². The van der Waals surface area contributed by atoms with Gasteiger partial charge in [-0.3, -0.25) is 0 Å². The van der Waals surface area contributed by atoms with Crippen LogP contribution in [0.4, 0.5) is 0 Å². The fourth-order valence-corrected chi connectivity index (χ4v) is 5.43. The summed E-state index contributed by atoms with van der Waals surface area (Å²) in [6.45, 7) is 4.81. The minimum atomic E-state index is -3.18. The Bertz CT molecular complexity index is 599. The average molecular weight is 327 g/mol. The Kier molecular flexibility index (Phi) is 5.14. The number of hydrogen-bond donors (Lipinski definition) is 1. The van der Waals surface area contributed by atoms with Gasteiger partial charge in [-0.25, -0.2) is 8.42 Å². The molecule has 124 valence electrons. The van der Waals surface area contributed by atoms with E-state index in [0.717, 1.165) is 11.3 Å². The molecule has 1 aromatic rings. The van der Waals surface area contributed by atoms with E-state index in [1.165, 1.54) is 0 Å². The lowest BCUT2D eigenvalue weighted by Gasteiger charge is -2.15. The fourth-order valence-electron chi connectivity index (χ4n) is 3.28. The molecule has 0 heterocycles. The largest absolute Gasteiger partial charge is 0.497 e. The van der Waals surface area contributed by atoms with Gasteiger partial charge in [0.05, 0.1) is 19.0 Å². The highest BCUT2D eigenvalue weighted by Crippen LogP contribution is 2.62. The molecule has 0 aliphatic heterocycles. The number of hydrogen-bond acceptors (Lipinski definition) is 5. The third-order valence-corrected chi connectivity index (χ3v) is 6.92. The van der Waals surface area contributed by atoms with Crippen molar-refractivity contribution in [2.75, 3.05) is 32.6 Å². The van der Waals surface area contributed by atoms with Crippen LogP contribution in [0.3, 0.4) is 0 Å². The van der Waals surface area contributed by atoms with Gasteiger partial charge in [0, 0.05) is 30.2 Å². The SMILES string of the molecule is CCOC[C@]1(CN)[C@@H](c2ccc(OC)cc2)[C@@H]1S(=O)(=O)CC. The highest BCUT2D eigenvalue weighted by molar-refractivity contribution is 7.92. The van der Waals surface area contributed by atoms with E-state index in [1.807, 2.05) is 31.2 Å². The molecule has 2 rings (SSSR count). The summed E-state index contributed by atoms with van der Waals surface area (Å²) in [6, 6.07) is 7.55. The van der Waals surface area contributed by atoms with Crippen molar-refractivity contribution in [1.82, 2.24) is 0 Å². The molecule has 1 fully saturated rings. The lowest BCUT2D eigenvalue weighted by Crippen LogP contribution is -2.29. The normalized spacial score (nSPS) is 27.6. The Morgan fingerprint density at radius 3 is 2.32 bits per heavy atom. The van der Waals surface area contributed by atoms with E-state index < -0.39 is 20.5 Å². The van der Waals surface area contributed by atoms with Crippen molar-refractivity contribution in [2.45, 2.75) is 25.0 Å². The quantitative estimate of drug-likeness (QED) is 0.784. The molecule has 0 amide bonds. The van der Waals surface area contributed by atoms with Crippen LogP contribution >= 0.6 is 0 Å². The molecule has 1 saturated carbocycles. The third kappa shape index (κ3) is 2.87. The smallest absolute Gasteiger partial charge is 0.154 e. The summed E-state index contributed by atoms with van der Waals surface area (Å²) < 4.78 is 35.6. The molecule has 0 unspecified atom stereocenters. The summed E-state index contributed by atoms with van der Waals surface area (Å²) in [6.07, 6.45) is 0. The first-order valence-corrected chi connectivity index (χ1v) is 9.31. The highest BCUT2D eigenvalue weighted by atomic mass is 32.2. The molecule has 5 nitrogen and oxygen atoms in total. The van der Waals surface area contributed by atoms with Gasteiger partial charge in [0.15, 0.2) is 9.84 Å². The molecular formula is C16H25NO4S. The van der Waals surface area contributed by atoms with Gasteiger partial charge in [-0.15, -0.1) is 0 Å². The monoisotopic (exact) mass is 327 g/mol. The standard InChI is InChI=1S/C16H25NO4S/c1-4-21-11-16(10-17)14(15(16)22(18,19)5-2)12-6-8-13(20-3)9-7-12/h6-9,14-15H,4-5,10-11,17H2,1-3H3/t14-,15-,16+/m0/s1. The van der Waals surface area contributed by atoms with E-state index >= 15 is 0 Å². The third-order valence-electron chi connectivity index (χ3n) is 4.60. The molecule has 0 radical (unpaired) electrons. The number of sulfone groups is 1. The Morgan fingerprint density at radius 2 is 1.86 bits per heavy atom. The van der Waals surface area contributed by atoms with E-state index in [4.69, 9.17) is 15.2 Å². The zero-order valence-electron chi connectivity index (χ0n) is 13.4. The predicted molar refractivity (Wildman–Crippen MR) is 87.0 cm³/mol. The van der Waals surface area contributed by atoms with Crippen LogP contribution in [-0.2, 0) is 14.6 Å². The van der Waals surface area contributed by atoms with E-state index in [0.29, 0.717) is 19.8 Å². The van der Waals surface area contributed by atoms with Gasteiger partial charge in [0.1, 0.15) is 5.75 Å². The molecule has 1 aliphatic carbocycles. The molecule has 1 aromatic carbocycles. The van der Waals surface area contributed by atoms with Crippen LogP contribution in [0.2, 0.25) is 0 Å². The maximum atomic E-state index is 12.5. The van der Waals surface area contributed by atoms with Crippen LogP contribution in [0.1, 0.15) is 25.3 Å². The first-order chi connectivity index (χ1) is 10.5. The summed E-state index contributed by atoms with van der Waals surface area (Å²) in [4.78, 5) is 0. The molecule has 0 spiro atoms. The maximum Gasteiger partial charge on any atom is 0.154 e. The minimum Gasteiger partial charge on any atom is -0.497 e. The van der Waals surface area contributed by atoms with E-state index in [1.54, 1.807) is 14.0 Å². The van der Waals surface area contributed by atoms with E-state index in [-0.39, 0.29) is 11.7 Å². The Morgan fingerprint density at radius 1 is 1.23 bits per heavy atom. The minimum absolute atomic E-state index is 0.111. The van der Waals surface area contributed by atoms with Crippen molar-refractivity contribution in [3.8, 4) is 5.75 Å². The van der Waals surface area contributed by atoms with Gasteiger partial charge in [0.25, 0.3) is 0 Å². The van der Waals surface area contributed by atoms with Crippen LogP contribution in [0.5, 0.6) is 5.75 Å². The molecule has 0 aromatic heterocycles. The zero-order valence-corrected chi connectivity index (χ0v) is 14.2. The summed E-state index contributed by atoms with van der Waals surface area (Å²) in [5.41, 5.74) is 6.43. The van der Waals surface area contributed by atoms with Crippen molar-refractivity contribution in [3.05, 3.63) is 29.8 Å². The number of rotatable bonds is 8. The Labute approximate surface area is 132 Å². The molecule has 0 bridgehead atoms. The van der Waals surface area contributed by atoms with Gasteiger partial charge >= 0.3 is 0 Å². The van der Waals surface area contributed by atoms with Crippen LogP contribution < -0.4 is 10.5 Å². The first-order valence-electron chi connectivity index (χ1n) is 7.60. The summed E-state index contributed by atoms with van der Waals surface area (Å²) in [5, 5.41) is -0.463. The molecule has 2 N–H and O–H groups in total. The van der Waals surface area contributed by atoms with Gasteiger partial charge in [-0.2, -0.15) is 0 Å². The molecule has 6 heteroatoms. The summed E-state index contributed by atoms with van der Waals surface area (Å²) in [7, 11) is -1.57. The molecule has 3 atom stereocenters. The second-order valence-corrected chi connectivity index (χ2v) is 8.11. The van der Waals surface area contributed by atoms with Crippen molar-refractivity contribution < 1.29 is 17.9 Å². The molecule has 1 aliphatic rings. The van der Waals surface area contributed by atoms with Crippen molar-refractivity contribution in [1.29, 1.82) is 0 Å². The summed E-state index contributed by atoms with van der Waals surface area (Å²) in [5.74, 6) is 0.764. The zero-order chi connectivity index (χ0) is 16.4. The molecular weight excluding hydrogens is 302 g/mol. The van der Waals surface area contributed by atoms with Crippen LogP contribution in [0.25, 0.3) is 0 Å². The predicted octanol–water partition coefficient (Wildman–Crippen LogP) is 1.58. The molecule has 22 heavy (non-hydrogen) atoms. The van der Waals surface area contributed by atoms with Gasteiger partial charge < -0.3 is 15.2 Å². The van der Waals surface area contributed by atoms with Crippen LogP contribution in [0, 0.1) is 5.41 Å². The number of nitrogens with two attached hydrogens (primary N) is 1. The lowest BCUT2D eigenvalue weighted by molar-refractivity contribution is 0.101. The number of methoxy groups -OCH3 is 1. The van der Waals surface area contributed by atoms with Crippen molar-refractivity contribution in [3.63, 3.8) is 0 Å². The number of benzene rings is 1. The lowest BCUT2D eigenvalue weighted by atomic mass is 10.00. The fraction of sp³-hybridized carbons (Fsp3) is 0.625.